The van der Waals surface area contributed by atoms with E-state index in [2.05, 4.69) is 16.2 Å². The zero-order valence-electron chi connectivity index (χ0n) is 10.1. The minimum atomic E-state index is 0.153. The molecular weight excluding hydrogens is 218 g/mol. The number of hydrogen-bond donors (Lipinski definition) is 0. The number of ether oxygens (including phenoxy) is 1. The third-order valence-corrected chi connectivity index (χ3v) is 3.09. The molecule has 0 amide bonds. The molecule has 5 nitrogen and oxygen atoms in total. The Morgan fingerprint density at radius 3 is 3.18 bits per heavy atom. The lowest BCUT2D eigenvalue weighted by atomic mass is 10.0. The highest BCUT2D eigenvalue weighted by molar-refractivity contribution is 4.99. The Labute approximate surface area is 101 Å². The normalized spacial score (nSPS) is 22.0. The third kappa shape index (κ3) is 3.04. The fraction of sp³-hybridized carbons (Fsp3) is 0.750. The van der Waals surface area contributed by atoms with Gasteiger partial charge in [0.15, 0.2) is 5.82 Å². The van der Waals surface area contributed by atoms with E-state index in [4.69, 9.17) is 14.5 Å². The first-order valence-electron chi connectivity index (χ1n) is 6.09. The summed E-state index contributed by atoms with van der Waals surface area (Å²) < 4.78 is 10.7. The van der Waals surface area contributed by atoms with Crippen LogP contribution in [0.2, 0.25) is 0 Å². The molecule has 0 spiro atoms. The zero-order chi connectivity index (χ0) is 12.1. The van der Waals surface area contributed by atoms with Crippen LogP contribution >= 0.6 is 0 Å². The van der Waals surface area contributed by atoms with Crippen LogP contribution in [0.1, 0.15) is 56.2 Å². The van der Waals surface area contributed by atoms with Crippen molar-refractivity contribution in [3.63, 3.8) is 0 Å². The van der Waals surface area contributed by atoms with Crippen molar-refractivity contribution in [3.8, 4) is 6.07 Å². The highest BCUT2D eigenvalue weighted by atomic mass is 16.5. The number of nitrogens with zero attached hydrogens (tertiary/aromatic N) is 3. The minimum Gasteiger partial charge on any atom is -0.381 e. The molecule has 1 saturated heterocycles. The van der Waals surface area contributed by atoms with Crippen molar-refractivity contribution in [1.82, 2.24) is 10.1 Å². The fourth-order valence-electron chi connectivity index (χ4n) is 1.96. The van der Waals surface area contributed by atoms with Crippen molar-refractivity contribution in [1.29, 1.82) is 5.26 Å². The van der Waals surface area contributed by atoms with Crippen molar-refractivity contribution in [2.75, 3.05) is 13.2 Å². The van der Waals surface area contributed by atoms with Gasteiger partial charge >= 0.3 is 0 Å². The summed E-state index contributed by atoms with van der Waals surface area (Å²) in [5.41, 5.74) is 0. The standard InChI is InChI=1S/C12H17N3O2/c1-9(4-2-6-13)12-14-11(15-17-12)10-5-3-7-16-8-10/h9-10H,2-5,7-8H2,1H3. The summed E-state index contributed by atoms with van der Waals surface area (Å²) in [6, 6.07) is 2.13. The first-order chi connectivity index (χ1) is 8.31. The maximum absolute atomic E-state index is 8.54. The first kappa shape index (κ1) is 12.1. The van der Waals surface area contributed by atoms with E-state index < -0.39 is 0 Å². The Bertz CT molecular complexity index is 391. The van der Waals surface area contributed by atoms with Gasteiger partial charge in [-0.15, -0.1) is 0 Å². The van der Waals surface area contributed by atoms with Gasteiger partial charge in [-0.1, -0.05) is 12.1 Å². The predicted octanol–water partition coefficient (Wildman–Crippen LogP) is 2.37. The van der Waals surface area contributed by atoms with E-state index in [9.17, 15) is 0 Å². The van der Waals surface area contributed by atoms with Gasteiger partial charge in [0.1, 0.15) is 0 Å². The molecule has 2 rings (SSSR count). The summed E-state index contributed by atoms with van der Waals surface area (Å²) in [5, 5.41) is 12.6. The molecule has 1 aliphatic rings. The van der Waals surface area contributed by atoms with Crippen LogP contribution in [0.4, 0.5) is 0 Å². The van der Waals surface area contributed by atoms with E-state index >= 15 is 0 Å². The van der Waals surface area contributed by atoms with Gasteiger partial charge in [0.05, 0.1) is 12.7 Å². The minimum absolute atomic E-state index is 0.153. The van der Waals surface area contributed by atoms with Gasteiger partial charge in [-0.3, -0.25) is 0 Å². The third-order valence-electron chi connectivity index (χ3n) is 3.09. The van der Waals surface area contributed by atoms with Crippen molar-refractivity contribution in [3.05, 3.63) is 11.7 Å². The van der Waals surface area contributed by atoms with Crippen LogP contribution in [0.15, 0.2) is 4.52 Å². The highest BCUT2D eigenvalue weighted by Crippen LogP contribution is 2.25. The fourth-order valence-corrected chi connectivity index (χ4v) is 1.96. The van der Waals surface area contributed by atoms with Gasteiger partial charge in [-0.05, 0) is 19.3 Å². The quantitative estimate of drug-likeness (QED) is 0.801. The van der Waals surface area contributed by atoms with Crippen LogP contribution in [0.5, 0.6) is 0 Å². The lowest BCUT2D eigenvalue weighted by molar-refractivity contribution is 0.0773. The second-order valence-corrected chi connectivity index (χ2v) is 4.50. The SMILES string of the molecule is CC(CCC#N)c1nc(C2CCCOC2)no1. The molecule has 1 aliphatic heterocycles. The molecule has 1 aromatic heterocycles. The summed E-state index contributed by atoms with van der Waals surface area (Å²) >= 11 is 0. The maximum atomic E-state index is 8.54. The lowest BCUT2D eigenvalue weighted by Gasteiger charge is -2.18. The summed E-state index contributed by atoms with van der Waals surface area (Å²) in [4.78, 5) is 4.42. The van der Waals surface area contributed by atoms with Crippen LogP contribution in [0, 0.1) is 11.3 Å². The van der Waals surface area contributed by atoms with E-state index in [0.29, 0.717) is 18.9 Å². The topological polar surface area (TPSA) is 71.9 Å². The average molecular weight is 235 g/mol. The van der Waals surface area contributed by atoms with E-state index in [0.717, 1.165) is 31.7 Å². The number of hydrogen-bond acceptors (Lipinski definition) is 5. The Balaban J connectivity index is 1.97. The van der Waals surface area contributed by atoms with Crippen molar-refractivity contribution < 1.29 is 9.26 Å². The van der Waals surface area contributed by atoms with Crippen molar-refractivity contribution >= 4 is 0 Å². The molecule has 2 atom stereocenters. The van der Waals surface area contributed by atoms with Gasteiger partial charge in [0, 0.05) is 24.9 Å². The second-order valence-electron chi connectivity index (χ2n) is 4.50. The van der Waals surface area contributed by atoms with Crippen LogP contribution < -0.4 is 0 Å². The molecule has 0 aliphatic carbocycles. The molecular formula is C12H17N3O2. The molecule has 0 N–H and O–H groups in total. The summed E-state index contributed by atoms with van der Waals surface area (Å²) in [5.74, 6) is 1.81. The summed E-state index contributed by atoms with van der Waals surface area (Å²) in [6.45, 7) is 3.53. The van der Waals surface area contributed by atoms with Gasteiger partial charge < -0.3 is 9.26 Å². The molecule has 5 heteroatoms. The maximum Gasteiger partial charge on any atom is 0.229 e. The molecule has 0 radical (unpaired) electrons. The molecule has 2 heterocycles. The Hall–Kier alpha value is -1.41. The summed E-state index contributed by atoms with van der Waals surface area (Å²) in [7, 11) is 0. The molecule has 0 bridgehead atoms. The molecule has 0 aromatic carbocycles. The average Bonchev–Trinajstić information content (AvgIpc) is 2.86. The molecule has 0 saturated carbocycles. The van der Waals surface area contributed by atoms with Gasteiger partial charge in [0.25, 0.3) is 0 Å². The van der Waals surface area contributed by atoms with E-state index in [1.165, 1.54) is 0 Å². The first-order valence-corrected chi connectivity index (χ1v) is 6.09. The second kappa shape index (κ2) is 5.78. The van der Waals surface area contributed by atoms with E-state index in [1.807, 2.05) is 6.92 Å². The van der Waals surface area contributed by atoms with Gasteiger partial charge in [0.2, 0.25) is 5.89 Å². The van der Waals surface area contributed by atoms with Gasteiger partial charge in [-0.25, -0.2) is 0 Å². The predicted molar refractivity (Wildman–Crippen MR) is 60.4 cm³/mol. The summed E-state index contributed by atoms with van der Waals surface area (Å²) in [6.07, 6.45) is 3.40. The van der Waals surface area contributed by atoms with Crippen LogP contribution in [-0.2, 0) is 4.74 Å². The molecule has 1 aromatic rings. The van der Waals surface area contributed by atoms with Crippen molar-refractivity contribution in [2.24, 2.45) is 0 Å². The molecule has 17 heavy (non-hydrogen) atoms. The Morgan fingerprint density at radius 1 is 1.59 bits per heavy atom. The van der Waals surface area contributed by atoms with Crippen LogP contribution in [0.25, 0.3) is 0 Å². The number of rotatable bonds is 4. The lowest BCUT2D eigenvalue weighted by Crippen LogP contribution is -2.16. The van der Waals surface area contributed by atoms with Crippen LogP contribution in [-0.4, -0.2) is 23.4 Å². The van der Waals surface area contributed by atoms with E-state index in [1.54, 1.807) is 0 Å². The molecule has 1 fully saturated rings. The van der Waals surface area contributed by atoms with Gasteiger partial charge in [-0.2, -0.15) is 10.2 Å². The smallest absolute Gasteiger partial charge is 0.229 e. The molecule has 2 unspecified atom stereocenters. The highest BCUT2D eigenvalue weighted by Gasteiger charge is 2.23. The van der Waals surface area contributed by atoms with Crippen molar-refractivity contribution in [2.45, 2.75) is 44.4 Å². The number of nitriles is 1. The number of aromatic nitrogens is 2. The zero-order valence-corrected chi connectivity index (χ0v) is 10.1. The van der Waals surface area contributed by atoms with Crippen LogP contribution in [0.3, 0.4) is 0 Å². The monoisotopic (exact) mass is 235 g/mol. The Morgan fingerprint density at radius 2 is 2.47 bits per heavy atom. The molecule has 92 valence electrons. The Kier molecular flexibility index (Phi) is 4.10. The largest absolute Gasteiger partial charge is 0.381 e. The van der Waals surface area contributed by atoms with E-state index in [-0.39, 0.29) is 11.8 Å².